The molecule has 1 atom stereocenters. The first-order chi connectivity index (χ1) is 20.8. The zero-order valence-electron chi connectivity index (χ0n) is 24.7. The number of anilines is 2. The molecule has 8 N–H and O–H groups in total. The van der Waals surface area contributed by atoms with Gasteiger partial charge in [0, 0.05) is 61.3 Å². The van der Waals surface area contributed by atoms with Crippen molar-refractivity contribution in [1.29, 1.82) is 0 Å². The molecule has 0 bridgehead atoms. The van der Waals surface area contributed by atoms with Crippen molar-refractivity contribution < 1.29 is 23.8 Å². The van der Waals surface area contributed by atoms with Crippen molar-refractivity contribution in [2.75, 3.05) is 42.5 Å². The fourth-order valence-corrected chi connectivity index (χ4v) is 5.16. The highest BCUT2D eigenvalue weighted by Gasteiger charge is 2.23. The summed E-state index contributed by atoms with van der Waals surface area (Å²) in [6.07, 6.45) is 10.5. The van der Waals surface area contributed by atoms with Crippen molar-refractivity contribution >= 4 is 29.8 Å². The van der Waals surface area contributed by atoms with E-state index in [-0.39, 0.29) is 34.7 Å². The number of nitrogens with one attached hydrogen (secondary N) is 1. The molecule has 43 heavy (non-hydrogen) atoms. The number of carbonyl (C=O) groups is 2. The maximum Gasteiger partial charge on any atom is 0.207 e. The van der Waals surface area contributed by atoms with Gasteiger partial charge >= 0.3 is 0 Å². The molecule has 1 fully saturated rings. The first-order valence-electron chi connectivity index (χ1n) is 14.9. The summed E-state index contributed by atoms with van der Waals surface area (Å²) in [6, 6.07) is 11.9. The van der Waals surface area contributed by atoms with E-state index in [0.29, 0.717) is 26.1 Å². The molecule has 1 saturated heterocycles. The van der Waals surface area contributed by atoms with E-state index in [4.69, 9.17) is 21.9 Å². The van der Waals surface area contributed by atoms with E-state index in [2.05, 4.69) is 39.4 Å². The van der Waals surface area contributed by atoms with Crippen molar-refractivity contribution in [2.24, 2.45) is 17.2 Å². The van der Waals surface area contributed by atoms with Crippen molar-refractivity contribution in [3.05, 3.63) is 71.5 Å². The molecule has 234 valence electrons. The molecule has 1 aliphatic rings. The lowest BCUT2D eigenvalue weighted by Crippen LogP contribution is -2.40. The molecule has 0 aliphatic carbocycles. The Kier molecular flexibility index (Phi) is 13.5. The van der Waals surface area contributed by atoms with Crippen LogP contribution in [0.1, 0.15) is 56.9 Å². The van der Waals surface area contributed by atoms with E-state index < -0.39 is 5.82 Å². The number of amides is 1. The van der Waals surface area contributed by atoms with E-state index in [9.17, 15) is 19.1 Å². The van der Waals surface area contributed by atoms with Crippen LogP contribution in [-0.2, 0) is 14.3 Å². The van der Waals surface area contributed by atoms with Crippen molar-refractivity contribution in [1.82, 2.24) is 5.32 Å². The molecule has 10 nitrogen and oxygen atoms in total. The fourth-order valence-electron chi connectivity index (χ4n) is 5.16. The molecule has 1 aliphatic heterocycles. The van der Waals surface area contributed by atoms with Crippen LogP contribution in [0.3, 0.4) is 0 Å². The van der Waals surface area contributed by atoms with Crippen LogP contribution in [0.25, 0.3) is 5.70 Å². The number of benzene rings is 2. The lowest BCUT2D eigenvalue weighted by molar-refractivity contribution is -0.109. The Morgan fingerprint density at radius 1 is 1.05 bits per heavy atom. The summed E-state index contributed by atoms with van der Waals surface area (Å²) in [5.74, 6) is -0.590. The van der Waals surface area contributed by atoms with Gasteiger partial charge in [-0.1, -0.05) is 19.3 Å². The maximum absolute atomic E-state index is 13.7. The predicted octanol–water partition coefficient (Wildman–Crippen LogP) is 3.69. The third-order valence-corrected chi connectivity index (χ3v) is 7.45. The molecule has 0 aromatic heterocycles. The Bertz CT molecular complexity index is 1230. The number of allylic oxidation sites excluding steroid dienone is 1. The van der Waals surface area contributed by atoms with E-state index in [0.717, 1.165) is 94.2 Å². The Morgan fingerprint density at radius 2 is 1.79 bits per heavy atom. The minimum absolute atomic E-state index is 0.0644. The Morgan fingerprint density at radius 3 is 2.51 bits per heavy atom. The topological polar surface area (TPSA) is 160 Å². The number of halogens is 1. The van der Waals surface area contributed by atoms with Crippen LogP contribution in [-0.4, -0.2) is 56.6 Å². The number of hydrogen-bond donors (Lipinski definition) is 5. The highest BCUT2D eigenvalue weighted by molar-refractivity contribution is 5.69. The second kappa shape index (κ2) is 17.5. The van der Waals surface area contributed by atoms with E-state index in [1.165, 1.54) is 12.1 Å². The minimum Gasteiger partial charge on any atom is -0.507 e. The SMILES string of the molecule is NC(N)=C(/C=C(\N)c1cc(F)ccc1O)OC1CCCN(c2ccc(N(CCCCCCCC=O)CCNC=O)cc2)C1. The Labute approximate surface area is 253 Å². The number of nitrogens with zero attached hydrogens (tertiary/aromatic N) is 2. The molecule has 1 unspecified atom stereocenters. The van der Waals surface area contributed by atoms with Gasteiger partial charge in [0.05, 0.1) is 6.54 Å². The molecule has 0 saturated carbocycles. The summed E-state index contributed by atoms with van der Waals surface area (Å²) in [4.78, 5) is 25.8. The van der Waals surface area contributed by atoms with E-state index in [1.54, 1.807) is 0 Å². The van der Waals surface area contributed by atoms with Gasteiger partial charge in [-0.25, -0.2) is 4.39 Å². The van der Waals surface area contributed by atoms with Gasteiger partial charge in [-0.15, -0.1) is 0 Å². The van der Waals surface area contributed by atoms with Crippen LogP contribution >= 0.6 is 0 Å². The van der Waals surface area contributed by atoms with Gasteiger partial charge in [-0.05, 0) is 68.1 Å². The third kappa shape index (κ3) is 10.7. The second-order valence-electron chi connectivity index (χ2n) is 10.7. The molecule has 0 spiro atoms. The molecule has 1 amide bonds. The number of carbonyl (C=O) groups excluding carboxylic acids is 2. The van der Waals surface area contributed by atoms with E-state index >= 15 is 0 Å². The summed E-state index contributed by atoms with van der Waals surface area (Å²) >= 11 is 0. The molecule has 3 rings (SSSR count). The van der Waals surface area contributed by atoms with E-state index in [1.807, 2.05) is 0 Å². The lowest BCUT2D eigenvalue weighted by atomic mass is 10.1. The number of aromatic hydroxyl groups is 1. The van der Waals surface area contributed by atoms with Gasteiger partial charge in [0.25, 0.3) is 0 Å². The van der Waals surface area contributed by atoms with Crippen LogP contribution in [0.15, 0.2) is 60.1 Å². The normalized spacial score (nSPS) is 15.0. The number of phenolic OH excluding ortho intramolecular Hbond substituents is 1. The van der Waals surface area contributed by atoms with Crippen molar-refractivity contribution in [3.63, 3.8) is 0 Å². The van der Waals surface area contributed by atoms with Crippen LogP contribution in [0.5, 0.6) is 5.75 Å². The summed E-state index contributed by atoms with van der Waals surface area (Å²) in [5, 5.41) is 12.8. The second-order valence-corrected chi connectivity index (χ2v) is 10.7. The summed E-state index contributed by atoms with van der Waals surface area (Å²) in [7, 11) is 0. The lowest BCUT2D eigenvalue weighted by Gasteiger charge is -2.35. The number of unbranched alkanes of at least 4 members (excludes halogenated alkanes) is 5. The zero-order chi connectivity index (χ0) is 31.0. The monoisotopic (exact) mass is 596 g/mol. The smallest absolute Gasteiger partial charge is 0.207 e. The first kappa shape index (κ1) is 33.1. The average Bonchev–Trinajstić information content (AvgIpc) is 3.00. The quantitative estimate of drug-likeness (QED) is 0.0748. The first-order valence-corrected chi connectivity index (χ1v) is 14.9. The highest BCUT2D eigenvalue weighted by atomic mass is 19.1. The fraction of sp³-hybridized carbons (Fsp3) is 0.438. The molecule has 2 aromatic rings. The van der Waals surface area contributed by atoms with Gasteiger partial charge in [-0.3, -0.25) is 4.79 Å². The Hall–Kier alpha value is -4.41. The summed E-state index contributed by atoms with van der Waals surface area (Å²) < 4.78 is 19.9. The number of nitrogens with two attached hydrogens (primary N) is 3. The Balaban J connectivity index is 1.62. The zero-order valence-corrected chi connectivity index (χ0v) is 24.7. The van der Waals surface area contributed by atoms with Crippen LogP contribution < -0.4 is 32.3 Å². The third-order valence-electron chi connectivity index (χ3n) is 7.45. The van der Waals surface area contributed by atoms with Crippen molar-refractivity contribution in [3.8, 4) is 5.75 Å². The number of phenols is 1. The van der Waals surface area contributed by atoms with Gasteiger partial charge < -0.3 is 47.0 Å². The number of rotatable bonds is 18. The molecule has 2 aromatic carbocycles. The minimum atomic E-state index is -0.534. The highest BCUT2D eigenvalue weighted by Crippen LogP contribution is 2.28. The molecular formula is C32H45FN6O4. The molecule has 0 radical (unpaired) electrons. The molecule has 1 heterocycles. The van der Waals surface area contributed by atoms with Gasteiger partial charge in [0.1, 0.15) is 29.8 Å². The standard InChI is InChI=1S/C32H45FN6O4/c33-24-9-14-30(42)28(20-24)29(34)21-31(32(35)36)43-27-8-7-17-39(22-27)26-12-10-25(11-13-26)38(18-15-37-23-41)16-5-3-1-2-4-6-19-40/h9-14,19-21,23,27,42H,1-8,15-18,22,34-36H2,(H,37,41)/b29-21-. The number of aldehydes is 1. The van der Waals surface area contributed by atoms with Crippen LogP contribution in [0.2, 0.25) is 0 Å². The molecule has 11 heteroatoms. The summed E-state index contributed by atoms with van der Waals surface area (Å²) in [5.41, 5.74) is 20.3. The molecular weight excluding hydrogens is 551 g/mol. The van der Waals surface area contributed by atoms with Gasteiger partial charge in [0.15, 0.2) is 5.76 Å². The predicted molar refractivity (Wildman–Crippen MR) is 168 cm³/mol. The number of ether oxygens (including phenoxy) is 1. The van der Waals surface area contributed by atoms with Crippen LogP contribution in [0.4, 0.5) is 15.8 Å². The van der Waals surface area contributed by atoms with Gasteiger partial charge in [0.2, 0.25) is 6.41 Å². The van der Waals surface area contributed by atoms with Gasteiger partial charge in [-0.2, -0.15) is 0 Å². The number of piperidine rings is 1. The average molecular weight is 597 g/mol. The van der Waals surface area contributed by atoms with Crippen molar-refractivity contribution in [2.45, 2.75) is 57.5 Å². The maximum atomic E-state index is 13.7. The number of hydrogen-bond acceptors (Lipinski definition) is 9. The van der Waals surface area contributed by atoms with Crippen LogP contribution in [0, 0.1) is 5.82 Å². The largest absolute Gasteiger partial charge is 0.507 e. The summed E-state index contributed by atoms with van der Waals surface area (Å²) in [6.45, 7) is 3.62.